The van der Waals surface area contributed by atoms with Crippen LogP contribution in [0.25, 0.3) is 6.08 Å². The molecule has 150 valence electrons. The molecule has 2 aromatic carbocycles. The molecule has 1 atom stereocenters. The van der Waals surface area contributed by atoms with Crippen LogP contribution in [0.5, 0.6) is 11.5 Å². The zero-order valence-corrected chi connectivity index (χ0v) is 16.2. The average Bonchev–Trinajstić information content (AvgIpc) is 3.03. The van der Waals surface area contributed by atoms with E-state index < -0.39 is 23.9 Å². The molecule has 0 radical (unpaired) electrons. The number of ether oxygens (including phenoxy) is 3. The lowest BCUT2D eigenvalue weighted by Gasteiger charge is -2.17. The average molecular weight is 396 g/mol. The summed E-state index contributed by atoms with van der Waals surface area (Å²) in [6.45, 7) is 1.53. The van der Waals surface area contributed by atoms with Crippen molar-refractivity contribution in [1.82, 2.24) is 5.43 Å². The van der Waals surface area contributed by atoms with Gasteiger partial charge < -0.3 is 14.2 Å². The van der Waals surface area contributed by atoms with Crippen LogP contribution in [0.2, 0.25) is 0 Å². The molecule has 8 heteroatoms. The summed E-state index contributed by atoms with van der Waals surface area (Å²) in [6.07, 6.45) is 0.491. The maximum atomic E-state index is 12.8. The number of rotatable bonds is 6. The molecule has 3 rings (SSSR count). The van der Waals surface area contributed by atoms with Gasteiger partial charge in [-0.25, -0.2) is 9.80 Å². The lowest BCUT2D eigenvalue weighted by molar-refractivity contribution is -0.148. The van der Waals surface area contributed by atoms with Gasteiger partial charge in [-0.15, -0.1) is 0 Å². The fraction of sp³-hybridized carbons (Fsp3) is 0.190. The van der Waals surface area contributed by atoms with Crippen LogP contribution in [0.1, 0.15) is 12.5 Å². The molecule has 1 aliphatic rings. The van der Waals surface area contributed by atoms with Gasteiger partial charge in [0, 0.05) is 5.56 Å². The third-order valence-corrected chi connectivity index (χ3v) is 4.26. The van der Waals surface area contributed by atoms with Crippen molar-refractivity contribution in [3.8, 4) is 11.5 Å². The number of methoxy groups -OCH3 is 2. The Kier molecular flexibility index (Phi) is 5.82. The smallest absolute Gasteiger partial charge is 0.346 e. The molecule has 2 aromatic rings. The second-order valence-electron chi connectivity index (χ2n) is 6.14. The van der Waals surface area contributed by atoms with Gasteiger partial charge in [0.1, 0.15) is 5.57 Å². The molecule has 1 heterocycles. The van der Waals surface area contributed by atoms with Gasteiger partial charge in [0.25, 0.3) is 11.8 Å². The predicted molar refractivity (Wildman–Crippen MR) is 105 cm³/mol. The van der Waals surface area contributed by atoms with E-state index in [1.807, 2.05) is 6.07 Å². The highest BCUT2D eigenvalue weighted by Crippen LogP contribution is 2.34. The molecule has 0 unspecified atom stereocenters. The van der Waals surface area contributed by atoms with Crippen LogP contribution in [0.3, 0.4) is 0 Å². The first kappa shape index (κ1) is 19.9. The Morgan fingerprint density at radius 1 is 1.07 bits per heavy atom. The molecular formula is C21H20N2O6. The Bertz CT molecular complexity index is 970. The van der Waals surface area contributed by atoms with E-state index in [0.29, 0.717) is 17.0 Å². The zero-order chi connectivity index (χ0) is 21.0. The van der Waals surface area contributed by atoms with Crippen molar-refractivity contribution in [1.29, 1.82) is 0 Å². The second-order valence-corrected chi connectivity index (χ2v) is 6.14. The first-order valence-corrected chi connectivity index (χ1v) is 8.80. The fourth-order valence-electron chi connectivity index (χ4n) is 2.80. The van der Waals surface area contributed by atoms with Crippen LogP contribution < -0.4 is 19.9 Å². The molecule has 29 heavy (non-hydrogen) atoms. The summed E-state index contributed by atoms with van der Waals surface area (Å²) in [4.78, 5) is 37.0. The maximum Gasteiger partial charge on any atom is 0.346 e. The molecule has 1 saturated heterocycles. The molecule has 2 amide bonds. The molecule has 1 N–H and O–H groups in total. The Morgan fingerprint density at radius 2 is 1.79 bits per heavy atom. The number of anilines is 1. The van der Waals surface area contributed by atoms with E-state index in [2.05, 4.69) is 10.2 Å². The number of nitrogens with zero attached hydrogens (tertiary/aromatic N) is 1. The van der Waals surface area contributed by atoms with Crippen molar-refractivity contribution in [3.05, 3.63) is 59.7 Å². The Hall–Kier alpha value is -3.81. The van der Waals surface area contributed by atoms with Crippen molar-refractivity contribution < 1.29 is 28.6 Å². The summed E-state index contributed by atoms with van der Waals surface area (Å²) >= 11 is 0. The SMILES string of the molecule is COC(=O)[C@H](C)Oc1c(/C=C2/C(=O)NN(c3ccccc3)C2=O)cccc1OC. The van der Waals surface area contributed by atoms with Crippen molar-refractivity contribution >= 4 is 29.5 Å². The number of hydrogen-bond donors (Lipinski definition) is 1. The van der Waals surface area contributed by atoms with Crippen LogP contribution in [-0.2, 0) is 19.1 Å². The van der Waals surface area contributed by atoms with Crippen LogP contribution in [-0.4, -0.2) is 38.1 Å². The normalized spacial score (nSPS) is 15.8. The Labute approximate surface area is 167 Å². The van der Waals surface area contributed by atoms with E-state index in [9.17, 15) is 14.4 Å². The lowest BCUT2D eigenvalue weighted by Crippen LogP contribution is -2.35. The molecule has 0 aromatic heterocycles. The van der Waals surface area contributed by atoms with Gasteiger partial charge in [0.15, 0.2) is 17.6 Å². The first-order valence-electron chi connectivity index (χ1n) is 8.80. The quantitative estimate of drug-likeness (QED) is 0.457. The van der Waals surface area contributed by atoms with Crippen LogP contribution >= 0.6 is 0 Å². The molecule has 0 saturated carbocycles. The maximum absolute atomic E-state index is 12.8. The number of nitrogens with one attached hydrogen (secondary N) is 1. The Morgan fingerprint density at radius 3 is 2.45 bits per heavy atom. The summed E-state index contributed by atoms with van der Waals surface area (Å²) < 4.78 is 15.7. The number of carbonyl (C=O) groups is 3. The highest BCUT2D eigenvalue weighted by atomic mass is 16.6. The van der Waals surface area contributed by atoms with Crippen molar-refractivity contribution in [2.75, 3.05) is 19.2 Å². The van der Waals surface area contributed by atoms with Gasteiger partial charge in [0.2, 0.25) is 0 Å². The summed E-state index contributed by atoms with van der Waals surface area (Å²) in [7, 11) is 2.71. The number of para-hydroxylation sites is 2. The highest BCUT2D eigenvalue weighted by molar-refractivity contribution is 6.31. The molecule has 8 nitrogen and oxygen atoms in total. The topological polar surface area (TPSA) is 94.2 Å². The van der Waals surface area contributed by atoms with Crippen molar-refractivity contribution in [2.24, 2.45) is 0 Å². The second kappa shape index (κ2) is 8.47. The standard InChI is InChI=1S/C21H20N2O6/c1-13(21(26)28-3)29-18-14(8-7-11-17(18)27-2)12-16-19(24)22-23(20(16)25)15-9-5-4-6-10-15/h4-13H,1-3H3,(H,22,24)/b16-12-/t13-/m0/s1. The summed E-state index contributed by atoms with van der Waals surface area (Å²) in [5, 5.41) is 1.17. The number of hydrogen-bond acceptors (Lipinski definition) is 6. The van der Waals surface area contributed by atoms with E-state index >= 15 is 0 Å². The Balaban J connectivity index is 1.98. The first-order chi connectivity index (χ1) is 14.0. The van der Waals surface area contributed by atoms with Gasteiger partial charge in [-0.1, -0.05) is 30.3 Å². The monoisotopic (exact) mass is 396 g/mol. The third-order valence-electron chi connectivity index (χ3n) is 4.26. The minimum atomic E-state index is -0.914. The third kappa shape index (κ3) is 4.06. The number of hydrazine groups is 1. The molecule has 1 fully saturated rings. The van der Waals surface area contributed by atoms with Gasteiger partial charge in [-0.05, 0) is 31.2 Å². The van der Waals surface area contributed by atoms with Crippen molar-refractivity contribution in [2.45, 2.75) is 13.0 Å². The summed E-state index contributed by atoms with van der Waals surface area (Å²) in [5.41, 5.74) is 3.41. The minimum Gasteiger partial charge on any atom is -0.493 e. The summed E-state index contributed by atoms with van der Waals surface area (Å²) in [5.74, 6) is -1.05. The number of benzene rings is 2. The fourth-order valence-corrected chi connectivity index (χ4v) is 2.80. The number of esters is 1. The molecule has 0 spiro atoms. The van der Waals surface area contributed by atoms with Crippen LogP contribution in [0.15, 0.2) is 54.1 Å². The van der Waals surface area contributed by atoms with Crippen LogP contribution in [0.4, 0.5) is 5.69 Å². The predicted octanol–water partition coefficient (Wildman–Crippen LogP) is 2.10. The molecule has 0 aliphatic carbocycles. The van der Waals surface area contributed by atoms with E-state index in [4.69, 9.17) is 9.47 Å². The lowest BCUT2D eigenvalue weighted by atomic mass is 10.1. The van der Waals surface area contributed by atoms with E-state index in [1.54, 1.807) is 42.5 Å². The minimum absolute atomic E-state index is 0.0716. The number of amides is 2. The number of carbonyl (C=O) groups excluding carboxylic acids is 3. The van der Waals surface area contributed by atoms with Crippen LogP contribution in [0, 0.1) is 0 Å². The van der Waals surface area contributed by atoms with Crippen molar-refractivity contribution in [3.63, 3.8) is 0 Å². The van der Waals surface area contributed by atoms with E-state index in [-0.39, 0.29) is 11.3 Å². The van der Waals surface area contributed by atoms with E-state index in [1.165, 1.54) is 32.2 Å². The summed E-state index contributed by atoms with van der Waals surface area (Å²) in [6, 6.07) is 13.7. The molecule has 1 aliphatic heterocycles. The van der Waals surface area contributed by atoms with E-state index in [0.717, 1.165) is 0 Å². The largest absolute Gasteiger partial charge is 0.493 e. The van der Waals surface area contributed by atoms with Gasteiger partial charge in [-0.3, -0.25) is 15.0 Å². The zero-order valence-electron chi connectivity index (χ0n) is 16.2. The molecule has 0 bridgehead atoms. The van der Waals surface area contributed by atoms with Gasteiger partial charge in [0.05, 0.1) is 19.9 Å². The molecular weight excluding hydrogens is 376 g/mol. The van der Waals surface area contributed by atoms with Gasteiger partial charge >= 0.3 is 5.97 Å². The van der Waals surface area contributed by atoms with Gasteiger partial charge in [-0.2, -0.15) is 0 Å². The highest BCUT2D eigenvalue weighted by Gasteiger charge is 2.34.